The van der Waals surface area contributed by atoms with Gasteiger partial charge in [-0.1, -0.05) is 25.1 Å². The summed E-state index contributed by atoms with van der Waals surface area (Å²) >= 11 is 0. The summed E-state index contributed by atoms with van der Waals surface area (Å²) in [6, 6.07) is 11.7. The van der Waals surface area contributed by atoms with Gasteiger partial charge in [0.25, 0.3) is 12.3 Å². The van der Waals surface area contributed by atoms with Gasteiger partial charge in [-0.2, -0.15) is 10.2 Å². The summed E-state index contributed by atoms with van der Waals surface area (Å²) in [5, 5.41) is 14.4. The van der Waals surface area contributed by atoms with Crippen LogP contribution < -0.4 is 10.6 Å². The molecule has 34 heavy (non-hydrogen) atoms. The van der Waals surface area contributed by atoms with Crippen molar-refractivity contribution in [3.05, 3.63) is 76.4 Å². The summed E-state index contributed by atoms with van der Waals surface area (Å²) in [4.78, 5) is 17.8. The molecule has 176 valence electrons. The van der Waals surface area contributed by atoms with E-state index in [1.165, 1.54) is 0 Å². The molecule has 3 aliphatic rings. The first-order valence-corrected chi connectivity index (χ1v) is 11.5. The van der Waals surface area contributed by atoms with Gasteiger partial charge in [0.1, 0.15) is 5.70 Å². The Bertz CT molecular complexity index is 1280. The first-order chi connectivity index (χ1) is 16.2. The second kappa shape index (κ2) is 7.82. The van der Waals surface area contributed by atoms with Crippen molar-refractivity contribution >= 4 is 5.91 Å². The smallest absolute Gasteiger partial charge is 0.282 e. The zero-order chi connectivity index (χ0) is 24.3. The first-order valence-electron chi connectivity index (χ1n) is 11.5. The molecule has 0 saturated heterocycles. The van der Waals surface area contributed by atoms with Crippen molar-refractivity contribution in [2.24, 2.45) is 10.2 Å². The van der Waals surface area contributed by atoms with Crippen LogP contribution in [0.4, 0.5) is 8.78 Å². The molecule has 0 fully saturated rings. The van der Waals surface area contributed by atoms with Crippen molar-refractivity contribution in [1.29, 1.82) is 0 Å². The summed E-state index contributed by atoms with van der Waals surface area (Å²) in [5.74, 6) is -0.253. The fourth-order valence-electron chi connectivity index (χ4n) is 5.60. The number of carbonyl (C=O) groups is 1. The number of azo groups is 1. The number of alkyl halides is 2. The van der Waals surface area contributed by atoms with E-state index in [-0.39, 0.29) is 11.6 Å². The molecule has 5 rings (SSSR count). The van der Waals surface area contributed by atoms with E-state index in [1.54, 1.807) is 6.20 Å². The molecule has 0 bridgehead atoms. The van der Waals surface area contributed by atoms with E-state index in [4.69, 9.17) is 0 Å². The molecule has 0 aliphatic carbocycles. The van der Waals surface area contributed by atoms with Crippen LogP contribution in [0.2, 0.25) is 0 Å². The molecule has 1 aromatic heterocycles. The van der Waals surface area contributed by atoms with E-state index >= 15 is 0 Å². The average Bonchev–Trinajstić information content (AvgIpc) is 3.21. The van der Waals surface area contributed by atoms with Gasteiger partial charge >= 0.3 is 0 Å². The maximum Gasteiger partial charge on any atom is 0.282 e. The molecule has 4 heterocycles. The molecule has 1 amide bonds. The van der Waals surface area contributed by atoms with Crippen LogP contribution in [0.15, 0.2) is 75.4 Å². The summed E-state index contributed by atoms with van der Waals surface area (Å²) in [6.07, 6.45) is -0.823. The highest BCUT2D eigenvalue weighted by molar-refractivity contribution is 6.00. The molecule has 0 spiro atoms. The Hall–Kier alpha value is -3.42. The molecular formula is C26H27F2N5O. The maximum absolute atomic E-state index is 14.2. The number of hydrogen-bond acceptors (Lipinski definition) is 5. The zero-order valence-corrected chi connectivity index (χ0v) is 19.6. The Morgan fingerprint density at radius 3 is 2.65 bits per heavy atom. The van der Waals surface area contributed by atoms with Crippen molar-refractivity contribution in [2.75, 3.05) is 0 Å². The second-order valence-corrected chi connectivity index (χ2v) is 9.76. The molecule has 0 radical (unpaired) electrons. The summed E-state index contributed by atoms with van der Waals surface area (Å²) < 4.78 is 28.4. The number of hydrogen-bond donors (Lipinski definition) is 2. The Kier molecular flexibility index (Phi) is 5.15. The average molecular weight is 464 g/mol. The Balaban J connectivity index is 1.80. The summed E-state index contributed by atoms with van der Waals surface area (Å²) in [5.41, 5.74) is 3.23. The molecule has 8 heteroatoms. The number of rotatable bonds is 4. The normalized spacial score (nSPS) is 25.3. The number of nitrogens with one attached hydrogen (secondary N) is 2. The van der Waals surface area contributed by atoms with Crippen molar-refractivity contribution < 1.29 is 13.6 Å². The summed E-state index contributed by atoms with van der Waals surface area (Å²) in [6.45, 7) is 7.74. The van der Waals surface area contributed by atoms with E-state index in [1.807, 2.05) is 64.1 Å². The van der Waals surface area contributed by atoms with E-state index in [0.717, 1.165) is 28.1 Å². The Labute approximate surface area is 197 Å². The third-order valence-electron chi connectivity index (χ3n) is 6.95. The highest BCUT2D eigenvalue weighted by atomic mass is 19.3. The maximum atomic E-state index is 14.2. The van der Waals surface area contributed by atoms with Crippen LogP contribution in [-0.2, 0) is 10.2 Å². The first kappa shape index (κ1) is 22.4. The van der Waals surface area contributed by atoms with Crippen molar-refractivity contribution in [3.63, 3.8) is 0 Å². The van der Waals surface area contributed by atoms with Gasteiger partial charge < -0.3 is 10.6 Å². The van der Waals surface area contributed by atoms with Crippen LogP contribution in [0.1, 0.15) is 44.9 Å². The molecule has 2 aromatic rings. The van der Waals surface area contributed by atoms with Crippen LogP contribution in [0.5, 0.6) is 0 Å². The Morgan fingerprint density at radius 2 is 1.94 bits per heavy atom. The topological polar surface area (TPSA) is 78.7 Å². The lowest BCUT2D eigenvalue weighted by Crippen LogP contribution is -2.58. The minimum atomic E-state index is -2.80. The third kappa shape index (κ3) is 3.35. The third-order valence-corrected chi connectivity index (χ3v) is 6.95. The lowest BCUT2D eigenvalue weighted by atomic mass is 9.61. The van der Waals surface area contributed by atoms with E-state index < -0.39 is 23.5 Å². The second-order valence-electron chi connectivity index (χ2n) is 9.76. The van der Waals surface area contributed by atoms with Crippen LogP contribution in [0, 0.1) is 6.92 Å². The van der Waals surface area contributed by atoms with Gasteiger partial charge in [0, 0.05) is 35.1 Å². The molecule has 0 saturated carbocycles. The number of allylic oxidation sites excluding steroid dienone is 1. The van der Waals surface area contributed by atoms with Gasteiger partial charge in [-0.15, -0.1) is 0 Å². The van der Waals surface area contributed by atoms with Gasteiger partial charge in [-0.3, -0.25) is 9.78 Å². The zero-order valence-electron chi connectivity index (χ0n) is 19.6. The monoisotopic (exact) mass is 463 g/mol. The number of halogens is 2. The van der Waals surface area contributed by atoms with Gasteiger partial charge in [-0.25, -0.2) is 8.78 Å². The van der Waals surface area contributed by atoms with Gasteiger partial charge in [-0.05, 0) is 62.1 Å². The van der Waals surface area contributed by atoms with Gasteiger partial charge in [0.05, 0.1) is 11.0 Å². The largest absolute Gasteiger partial charge is 0.362 e. The lowest BCUT2D eigenvalue weighted by molar-refractivity contribution is -0.120. The Morgan fingerprint density at radius 1 is 1.18 bits per heavy atom. The van der Waals surface area contributed by atoms with Crippen LogP contribution in [0.3, 0.4) is 0 Å². The fraction of sp³-hybridized carbons (Fsp3) is 0.385. The number of carbonyl (C=O) groups excluding carboxylic acids is 1. The van der Waals surface area contributed by atoms with E-state index in [0.29, 0.717) is 24.0 Å². The fourth-order valence-corrected chi connectivity index (χ4v) is 5.60. The predicted octanol–water partition coefficient (Wildman–Crippen LogP) is 5.17. The molecular weight excluding hydrogens is 436 g/mol. The standard InChI is InChI=1S/C26H27F2N5O/c1-5-26(17-8-6-7-15(12-17)16-9-10-29-14(2)11-16)19-18(13-25(3,4)31-24(19)34)30-23-20(26)21(22(27)28)32-33-23/h6-12,22-23,30H,5,13H2,1-4H3,(H,31,34)/t23?,26-/m0/s1. The van der Waals surface area contributed by atoms with Crippen LogP contribution >= 0.6 is 0 Å². The van der Waals surface area contributed by atoms with E-state index in [9.17, 15) is 13.6 Å². The quantitative estimate of drug-likeness (QED) is 0.657. The van der Waals surface area contributed by atoms with Gasteiger partial charge in [0.15, 0.2) is 6.17 Å². The number of benzene rings is 1. The molecule has 2 atom stereocenters. The van der Waals surface area contributed by atoms with Crippen molar-refractivity contribution in [2.45, 2.75) is 64.1 Å². The number of amides is 1. The SMILES string of the molecule is CC[C@]1(c2cccc(-c3ccnc(C)c3)c2)C2=C(CC(C)(C)NC2=O)NC2N=NC(C(F)F)=C21. The van der Waals surface area contributed by atoms with Gasteiger partial charge in [0.2, 0.25) is 0 Å². The molecule has 2 N–H and O–H groups in total. The van der Waals surface area contributed by atoms with Crippen LogP contribution in [0.25, 0.3) is 11.1 Å². The molecule has 3 aliphatic heterocycles. The number of aromatic nitrogens is 1. The minimum absolute atomic E-state index is 0.253. The number of aryl methyl sites for hydroxylation is 1. The lowest BCUT2D eigenvalue weighted by Gasteiger charge is -2.48. The predicted molar refractivity (Wildman–Crippen MR) is 125 cm³/mol. The van der Waals surface area contributed by atoms with Crippen molar-refractivity contribution in [3.8, 4) is 11.1 Å². The number of fused-ring (bicyclic) bond motifs is 1. The highest BCUT2D eigenvalue weighted by Crippen LogP contribution is 2.53. The molecule has 6 nitrogen and oxygen atoms in total. The molecule has 1 aromatic carbocycles. The highest BCUT2D eigenvalue weighted by Gasteiger charge is 2.55. The van der Waals surface area contributed by atoms with Crippen molar-refractivity contribution in [1.82, 2.24) is 15.6 Å². The number of pyridine rings is 1. The van der Waals surface area contributed by atoms with Crippen LogP contribution in [-0.4, -0.2) is 29.0 Å². The summed E-state index contributed by atoms with van der Waals surface area (Å²) in [7, 11) is 0. The molecule has 1 unspecified atom stereocenters. The van der Waals surface area contributed by atoms with E-state index in [2.05, 4.69) is 25.8 Å². The minimum Gasteiger partial charge on any atom is -0.362 e. The number of nitrogens with zero attached hydrogens (tertiary/aromatic N) is 3.